The minimum atomic E-state index is -0.787. The van der Waals surface area contributed by atoms with Gasteiger partial charge in [-0.1, -0.05) is 11.6 Å². The highest BCUT2D eigenvalue weighted by molar-refractivity contribution is 6.03. The van der Waals surface area contributed by atoms with E-state index in [1.54, 1.807) is 6.07 Å². The number of aromatic amines is 1. The van der Waals surface area contributed by atoms with E-state index in [2.05, 4.69) is 10.3 Å². The monoisotopic (exact) mass is 302 g/mol. The molecule has 1 aromatic heterocycles. The molecule has 0 unspecified atom stereocenters. The molecule has 0 saturated heterocycles. The molecule has 116 valence electrons. The first-order chi connectivity index (χ1) is 10.4. The number of primary amides is 2. The van der Waals surface area contributed by atoms with E-state index in [1.807, 2.05) is 32.0 Å². The van der Waals surface area contributed by atoms with Crippen molar-refractivity contribution in [3.8, 4) is 17.0 Å². The number of rotatable bonds is 5. The molecule has 0 radical (unpaired) electrons. The maximum absolute atomic E-state index is 11.5. The molecule has 2 rings (SSSR count). The third-order valence-corrected chi connectivity index (χ3v) is 3.06. The summed E-state index contributed by atoms with van der Waals surface area (Å²) in [5, 5.41) is 2.35. The van der Waals surface area contributed by atoms with Crippen molar-refractivity contribution in [3.63, 3.8) is 0 Å². The zero-order chi connectivity index (χ0) is 16.3. The predicted molar refractivity (Wildman–Crippen MR) is 83.9 cm³/mol. The zero-order valence-electron chi connectivity index (χ0n) is 12.4. The molecule has 0 atom stereocenters. The summed E-state index contributed by atoms with van der Waals surface area (Å²) in [5.74, 6) is 0.159. The van der Waals surface area contributed by atoms with Crippen LogP contribution in [-0.4, -0.2) is 23.5 Å². The summed E-state index contributed by atoms with van der Waals surface area (Å²) in [6.07, 6.45) is 0. The summed E-state index contributed by atoms with van der Waals surface area (Å²) in [5.41, 5.74) is 13.0. The number of nitrogens with one attached hydrogen (secondary N) is 2. The Morgan fingerprint density at radius 2 is 2.00 bits per heavy atom. The number of amides is 3. The van der Waals surface area contributed by atoms with Gasteiger partial charge >= 0.3 is 6.03 Å². The second-order valence-corrected chi connectivity index (χ2v) is 4.76. The van der Waals surface area contributed by atoms with E-state index in [-0.39, 0.29) is 11.4 Å². The second kappa shape index (κ2) is 6.21. The Hall–Kier alpha value is -2.96. The van der Waals surface area contributed by atoms with E-state index in [4.69, 9.17) is 16.2 Å². The number of hydrogen-bond donors (Lipinski definition) is 4. The molecular formula is C15H18N4O3. The van der Waals surface area contributed by atoms with Crippen LogP contribution in [0.4, 0.5) is 10.6 Å². The molecule has 7 nitrogen and oxygen atoms in total. The second-order valence-electron chi connectivity index (χ2n) is 4.76. The van der Waals surface area contributed by atoms with Gasteiger partial charge in [0.25, 0.3) is 5.91 Å². The number of aromatic nitrogens is 1. The van der Waals surface area contributed by atoms with E-state index in [1.165, 1.54) is 0 Å². The largest absolute Gasteiger partial charge is 0.493 e. The van der Waals surface area contributed by atoms with Gasteiger partial charge in [-0.05, 0) is 32.0 Å². The summed E-state index contributed by atoms with van der Waals surface area (Å²) >= 11 is 0. The van der Waals surface area contributed by atoms with Gasteiger partial charge in [0, 0.05) is 5.56 Å². The van der Waals surface area contributed by atoms with Crippen molar-refractivity contribution in [2.24, 2.45) is 11.5 Å². The van der Waals surface area contributed by atoms with Crippen LogP contribution in [0.15, 0.2) is 24.3 Å². The Morgan fingerprint density at radius 3 is 2.59 bits per heavy atom. The Morgan fingerprint density at radius 1 is 1.27 bits per heavy atom. The number of hydrogen-bond acceptors (Lipinski definition) is 3. The standard InChI is InChI=1S/C15H18N4O3/c1-3-22-12-5-4-8(2)6-9(12)11-7-10(13(16)20)14(18-11)19-15(17)21/h4-7,18H,3H2,1-2H3,(H2,16,20)(H3,17,19,21). The molecule has 3 amide bonds. The summed E-state index contributed by atoms with van der Waals surface area (Å²) in [6, 6.07) is 6.46. The molecule has 0 fully saturated rings. The average Bonchev–Trinajstić information content (AvgIpc) is 2.84. The number of anilines is 1. The highest BCUT2D eigenvalue weighted by Crippen LogP contribution is 2.33. The molecular weight excluding hydrogens is 284 g/mol. The van der Waals surface area contributed by atoms with Crippen molar-refractivity contribution < 1.29 is 14.3 Å². The van der Waals surface area contributed by atoms with Crippen LogP contribution in [-0.2, 0) is 0 Å². The van der Waals surface area contributed by atoms with Gasteiger partial charge in [-0.2, -0.15) is 0 Å². The highest BCUT2D eigenvalue weighted by atomic mass is 16.5. The molecule has 0 aliphatic rings. The van der Waals surface area contributed by atoms with Crippen molar-refractivity contribution in [1.82, 2.24) is 4.98 Å². The van der Waals surface area contributed by atoms with Gasteiger partial charge in [0.05, 0.1) is 17.9 Å². The third-order valence-electron chi connectivity index (χ3n) is 3.06. The van der Waals surface area contributed by atoms with Gasteiger partial charge in [-0.15, -0.1) is 0 Å². The lowest BCUT2D eigenvalue weighted by Crippen LogP contribution is -2.22. The molecule has 2 aromatic rings. The number of ether oxygens (including phenoxy) is 1. The van der Waals surface area contributed by atoms with Crippen molar-refractivity contribution in [2.45, 2.75) is 13.8 Å². The molecule has 0 spiro atoms. The van der Waals surface area contributed by atoms with Crippen molar-refractivity contribution in [1.29, 1.82) is 0 Å². The van der Waals surface area contributed by atoms with E-state index >= 15 is 0 Å². The maximum Gasteiger partial charge on any atom is 0.317 e. The number of urea groups is 1. The van der Waals surface area contributed by atoms with Crippen LogP contribution in [0, 0.1) is 6.92 Å². The summed E-state index contributed by atoms with van der Waals surface area (Å²) in [6.45, 7) is 4.33. The number of carbonyl (C=O) groups excluding carboxylic acids is 2. The van der Waals surface area contributed by atoms with E-state index in [0.717, 1.165) is 11.1 Å². The molecule has 0 bridgehead atoms. The first-order valence-electron chi connectivity index (χ1n) is 6.75. The Balaban J connectivity index is 2.55. The van der Waals surface area contributed by atoms with Crippen LogP contribution >= 0.6 is 0 Å². The van der Waals surface area contributed by atoms with Crippen molar-refractivity contribution in [2.75, 3.05) is 11.9 Å². The molecule has 0 saturated carbocycles. The van der Waals surface area contributed by atoms with Gasteiger partial charge in [-0.3, -0.25) is 10.1 Å². The number of aryl methyl sites for hydroxylation is 1. The molecule has 7 heteroatoms. The van der Waals surface area contributed by atoms with Crippen LogP contribution in [0.1, 0.15) is 22.8 Å². The van der Waals surface area contributed by atoms with Crippen LogP contribution in [0.25, 0.3) is 11.3 Å². The van der Waals surface area contributed by atoms with Crippen LogP contribution in [0.3, 0.4) is 0 Å². The van der Waals surface area contributed by atoms with Crippen molar-refractivity contribution >= 4 is 17.8 Å². The van der Waals surface area contributed by atoms with Gasteiger partial charge in [0.15, 0.2) is 0 Å². The van der Waals surface area contributed by atoms with E-state index < -0.39 is 11.9 Å². The number of nitrogens with two attached hydrogens (primary N) is 2. The number of carbonyl (C=O) groups is 2. The lowest BCUT2D eigenvalue weighted by molar-refractivity contribution is 0.100. The molecule has 0 aliphatic carbocycles. The van der Waals surface area contributed by atoms with Gasteiger partial charge in [0.1, 0.15) is 11.6 Å². The summed E-state index contributed by atoms with van der Waals surface area (Å²) in [4.78, 5) is 25.5. The fraction of sp³-hybridized carbons (Fsp3) is 0.200. The normalized spacial score (nSPS) is 10.3. The summed E-state index contributed by atoms with van der Waals surface area (Å²) < 4.78 is 5.59. The Bertz CT molecular complexity index is 722. The third kappa shape index (κ3) is 3.20. The average molecular weight is 302 g/mol. The molecule has 22 heavy (non-hydrogen) atoms. The first kappa shape index (κ1) is 15.4. The fourth-order valence-corrected chi connectivity index (χ4v) is 2.15. The number of H-pyrrole nitrogens is 1. The van der Waals surface area contributed by atoms with Crippen LogP contribution in [0.2, 0.25) is 0 Å². The van der Waals surface area contributed by atoms with Crippen molar-refractivity contribution in [3.05, 3.63) is 35.4 Å². The zero-order valence-corrected chi connectivity index (χ0v) is 12.4. The topological polar surface area (TPSA) is 123 Å². The molecule has 6 N–H and O–H groups in total. The van der Waals surface area contributed by atoms with Gasteiger partial charge < -0.3 is 21.2 Å². The molecule has 0 aliphatic heterocycles. The summed E-state index contributed by atoms with van der Waals surface area (Å²) in [7, 11) is 0. The fourth-order valence-electron chi connectivity index (χ4n) is 2.15. The highest BCUT2D eigenvalue weighted by Gasteiger charge is 2.17. The molecule has 1 aromatic carbocycles. The van der Waals surface area contributed by atoms with Crippen LogP contribution < -0.4 is 21.5 Å². The quantitative estimate of drug-likeness (QED) is 0.675. The van der Waals surface area contributed by atoms with Gasteiger partial charge in [-0.25, -0.2) is 4.79 Å². The minimum absolute atomic E-state index is 0.151. The van der Waals surface area contributed by atoms with E-state index in [0.29, 0.717) is 18.1 Å². The lowest BCUT2D eigenvalue weighted by Gasteiger charge is -2.10. The van der Waals surface area contributed by atoms with Crippen LogP contribution in [0.5, 0.6) is 5.75 Å². The predicted octanol–water partition coefficient (Wildman–Crippen LogP) is 1.98. The molecule has 1 heterocycles. The SMILES string of the molecule is CCOc1ccc(C)cc1-c1cc(C(N)=O)c(NC(N)=O)[nH]1. The first-order valence-corrected chi connectivity index (χ1v) is 6.75. The Kier molecular flexibility index (Phi) is 4.36. The smallest absolute Gasteiger partial charge is 0.317 e. The van der Waals surface area contributed by atoms with E-state index in [9.17, 15) is 9.59 Å². The van der Waals surface area contributed by atoms with Gasteiger partial charge in [0.2, 0.25) is 0 Å². The minimum Gasteiger partial charge on any atom is -0.493 e. The number of benzene rings is 1. The Labute approximate surface area is 127 Å². The lowest BCUT2D eigenvalue weighted by atomic mass is 10.1. The maximum atomic E-state index is 11.5.